The van der Waals surface area contributed by atoms with Gasteiger partial charge in [0.25, 0.3) is 0 Å². The quantitative estimate of drug-likeness (QED) is 0.566. The highest BCUT2D eigenvalue weighted by molar-refractivity contribution is 9.10. The van der Waals surface area contributed by atoms with Gasteiger partial charge in [-0.1, -0.05) is 28.8 Å². The van der Waals surface area contributed by atoms with Crippen molar-refractivity contribution in [3.8, 4) is 0 Å². The summed E-state index contributed by atoms with van der Waals surface area (Å²) in [5.41, 5.74) is 0. The van der Waals surface area contributed by atoms with Crippen molar-refractivity contribution < 1.29 is 13.2 Å². The molecule has 0 amide bonds. The molecule has 76 valence electrons. The zero-order valence-electron chi connectivity index (χ0n) is 7.33. The average Bonchev–Trinajstić information content (AvgIpc) is 2.30. The van der Waals surface area contributed by atoms with E-state index in [4.69, 9.17) is 0 Å². The number of rotatable bonds is 2. The summed E-state index contributed by atoms with van der Waals surface area (Å²) in [5, 5.41) is -0.741. The van der Waals surface area contributed by atoms with Gasteiger partial charge in [-0.2, -0.15) is 0 Å². The van der Waals surface area contributed by atoms with Gasteiger partial charge in [0.15, 0.2) is 15.6 Å². The van der Waals surface area contributed by atoms with Crippen LogP contribution in [0, 0.1) is 0 Å². The lowest BCUT2D eigenvalue weighted by molar-refractivity contribution is -0.118. The molecule has 0 heterocycles. The van der Waals surface area contributed by atoms with Gasteiger partial charge in [-0.3, -0.25) is 4.79 Å². The molecule has 0 aromatic carbocycles. The first kappa shape index (κ1) is 11.2. The Labute approximate surface area is 86.9 Å². The van der Waals surface area contributed by atoms with Crippen LogP contribution in [0.15, 0.2) is 0 Å². The highest BCUT2D eigenvalue weighted by Crippen LogP contribution is 2.21. The minimum absolute atomic E-state index is 0.100. The predicted octanol–water partition coefficient (Wildman–Crippen LogP) is 1.66. The van der Waals surface area contributed by atoms with Crippen molar-refractivity contribution in [3.05, 3.63) is 0 Å². The molecular weight excluding hydrogens is 256 g/mol. The normalized spacial score (nSPS) is 25.6. The summed E-state index contributed by atoms with van der Waals surface area (Å²) >= 11 is 2.92. The number of ketones is 1. The van der Waals surface area contributed by atoms with E-state index in [1.165, 1.54) is 0 Å². The maximum atomic E-state index is 11.4. The van der Waals surface area contributed by atoms with E-state index in [1.54, 1.807) is 0 Å². The molecule has 1 unspecified atom stereocenters. The Hall–Kier alpha value is 0.1000. The first-order chi connectivity index (χ1) is 6.08. The van der Waals surface area contributed by atoms with Crippen LogP contribution < -0.4 is 0 Å². The molecule has 3 nitrogen and oxygen atoms in total. The fraction of sp³-hybridized carbons (Fsp3) is 0.875. The standard InChI is InChI=1S/C8H13BrO3S/c9-6-13(11,12)8-5-3-1-2-4-7(8)10/h8H,1-6H2. The van der Waals surface area contributed by atoms with Crippen molar-refractivity contribution in [1.29, 1.82) is 0 Å². The molecule has 0 aliphatic heterocycles. The zero-order valence-corrected chi connectivity index (χ0v) is 9.73. The van der Waals surface area contributed by atoms with Crippen molar-refractivity contribution >= 4 is 31.6 Å². The molecule has 0 aromatic heterocycles. The topological polar surface area (TPSA) is 51.2 Å². The van der Waals surface area contributed by atoms with E-state index in [0.29, 0.717) is 12.8 Å². The van der Waals surface area contributed by atoms with Gasteiger partial charge in [-0.05, 0) is 12.8 Å². The molecule has 0 saturated heterocycles. The molecule has 1 atom stereocenters. The predicted molar refractivity (Wildman–Crippen MR) is 54.6 cm³/mol. The third-order valence-electron chi connectivity index (χ3n) is 2.33. The lowest BCUT2D eigenvalue weighted by atomic mass is 10.2. The Morgan fingerprint density at radius 1 is 1.31 bits per heavy atom. The summed E-state index contributed by atoms with van der Waals surface area (Å²) in [6.07, 6.45) is 3.60. The molecule has 1 fully saturated rings. The Kier molecular flexibility index (Phi) is 3.91. The van der Waals surface area contributed by atoms with Crippen molar-refractivity contribution in [3.63, 3.8) is 0 Å². The van der Waals surface area contributed by atoms with Gasteiger partial charge in [0.2, 0.25) is 0 Å². The number of hydrogen-bond acceptors (Lipinski definition) is 3. The van der Waals surface area contributed by atoms with E-state index in [1.807, 2.05) is 0 Å². The molecule has 0 bridgehead atoms. The minimum Gasteiger partial charge on any atom is -0.298 e. The molecule has 0 N–H and O–H groups in total. The second kappa shape index (κ2) is 4.55. The van der Waals surface area contributed by atoms with Crippen LogP contribution in [0.5, 0.6) is 0 Å². The second-order valence-corrected chi connectivity index (χ2v) is 6.81. The number of carbonyl (C=O) groups is 1. The van der Waals surface area contributed by atoms with Gasteiger partial charge >= 0.3 is 0 Å². The zero-order chi connectivity index (χ0) is 9.90. The summed E-state index contributed by atoms with van der Waals surface area (Å²) in [5.74, 6) is -0.100. The molecular formula is C8H13BrO3S. The van der Waals surface area contributed by atoms with Crippen molar-refractivity contribution in [2.75, 3.05) is 4.66 Å². The van der Waals surface area contributed by atoms with E-state index in [9.17, 15) is 13.2 Å². The molecule has 1 aliphatic rings. The summed E-state index contributed by atoms with van der Waals surface area (Å²) < 4.78 is 22.8. The number of sulfone groups is 1. The Balaban J connectivity index is 2.82. The number of carbonyl (C=O) groups excluding carboxylic acids is 1. The van der Waals surface area contributed by atoms with E-state index < -0.39 is 15.1 Å². The monoisotopic (exact) mass is 268 g/mol. The third kappa shape index (κ3) is 2.77. The third-order valence-corrected chi connectivity index (χ3v) is 5.92. The molecule has 0 radical (unpaired) electrons. The maximum Gasteiger partial charge on any atom is 0.170 e. The molecule has 0 spiro atoms. The Morgan fingerprint density at radius 2 is 2.00 bits per heavy atom. The van der Waals surface area contributed by atoms with E-state index >= 15 is 0 Å². The number of hydrogen-bond donors (Lipinski definition) is 0. The molecule has 1 saturated carbocycles. The van der Waals surface area contributed by atoms with Crippen LogP contribution in [-0.4, -0.2) is 24.1 Å². The van der Waals surface area contributed by atoms with Gasteiger partial charge in [0.05, 0.1) is 0 Å². The van der Waals surface area contributed by atoms with E-state index in [-0.39, 0.29) is 10.4 Å². The van der Waals surface area contributed by atoms with Crippen molar-refractivity contribution in [1.82, 2.24) is 0 Å². The highest BCUT2D eigenvalue weighted by atomic mass is 79.9. The molecule has 1 aliphatic carbocycles. The SMILES string of the molecule is O=C1CCCCCC1S(=O)(=O)CBr. The van der Waals surface area contributed by atoms with Gasteiger partial charge < -0.3 is 0 Å². The largest absolute Gasteiger partial charge is 0.298 e. The second-order valence-electron chi connectivity index (χ2n) is 3.33. The lowest BCUT2D eigenvalue weighted by Gasteiger charge is -2.11. The van der Waals surface area contributed by atoms with Crippen LogP contribution in [0.1, 0.15) is 32.1 Å². The first-order valence-electron chi connectivity index (χ1n) is 4.38. The van der Waals surface area contributed by atoms with E-state index in [0.717, 1.165) is 19.3 Å². The van der Waals surface area contributed by atoms with E-state index in [2.05, 4.69) is 15.9 Å². The first-order valence-corrected chi connectivity index (χ1v) is 7.22. The van der Waals surface area contributed by atoms with Crippen LogP contribution in [-0.2, 0) is 14.6 Å². The van der Waals surface area contributed by atoms with Crippen LogP contribution in [0.3, 0.4) is 0 Å². The number of halogens is 1. The Bertz CT molecular complexity index is 284. The summed E-state index contributed by atoms with van der Waals surface area (Å²) in [4.78, 5) is 11.4. The van der Waals surface area contributed by atoms with Crippen LogP contribution in [0.2, 0.25) is 0 Å². The van der Waals surface area contributed by atoms with Crippen LogP contribution in [0.4, 0.5) is 0 Å². The van der Waals surface area contributed by atoms with Crippen molar-refractivity contribution in [2.24, 2.45) is 0 Å². The van der Waals surface area contributed by atoms with Gasteiger partial charge in [0.1, 0.15) is 9.91 Å². The summed E-state index contributed by atoms with van der Waals surface area (Å²) in [6.45, 7) is 0. The minimum atomic E-state index is -3.23. The van der Waals surface area contributed by atoms with Gasteiger partial charge in [-0.15, -0.1) is 0 Å². The fourth-order valence-electron chi connectivity index (χ4n) is 1.58. The smallest absolute Gasteiger partial charge is 0.170 e. The van der Waals surface area contributed by atoms with Gasteiger partial charge in [0, 0.05) is 6.42 Å². The number of alkyl halides is 1. The summed E-state index contributed by atoms with van der Waals surface area (Å²) in [7, 11) is -3.23. The molecule has 13 heavy (non-hydrogen) atoms. The van der Waals surface area contributed by atoms with Crippen LogP contribution in [0.25, 0.3) is 0 Å². The van der Waals surface area contributed by atoms with Crippen molar-refractivity contribution in [2.45, 2.75) is 37.4 Å². The molecule has 1 rings (SSSR count). The highest BCUT2D eigenvalue weighted by Gasteiger charge is 2.31. The lowest BCUT2D eigenvalue weighted by Crippen LogP contribution is -2.29. The van der Waals surface area contributed by atoms with Crippen LogP contribution >= 0.6 is 15.9 Å². The number of Topliss-reactive ketones (excluding diaryl/α,β-unsaturated/α-hetero) is 1. The average molecular weight is 269 g/mol. The molecule has 5 heteroatoms. The van der Waals surface area contributed by atoms with Gasteiger partial charge in [-0.25, -0.2) is 8.42 Å². The molecule has 0 aromatic rings. The maximum absolute atomic E-state index is 11.4. The Morgan fingerprint density at radius 3 is 2.62 bits per heavy atom. The summed E-state index contributed by atoms with van der Waals surface area (Å²) in [6, 6.07) is 0. The fourth-order valence-corrected chi connectivity index (χ4v) is 3.74.